The summed E-state index contributed by atoms with van der Waals surface area (Å²) in [5.74, 6) is 0.469. The van der Waals surface area contributed by atoms with Crippen molar-refractivity contribution in [3.05, 3.63) is 17.8 Å². The first-order valence-corrected chi connectivity index (χ1v) is 7.32. The third-order valence-corrected chi connectivity index (χ3v) is 4.34. The molecule has 0 aliphatic heterocycles. The van der Waals surface area contributed by atoms with Crippen LogP contribution in [0.1, 0.15) is 5.69 Å². The zero-order valence-electron chi connectivity index (χ0n) is 12.0. The first kappa shape index (κ1) is 15.1. The van der Waals surface area contributed by atoms with Crippen molar-refractivity contribution in [2.45, 2.75) is 5.09 Å². The molecule has 2 heterocycles. The van der Waals surface area contributed by atoms with Crippen LogP contribution in [0.2, 0.25) is 0 Å². The minimum absolute atomic E-state index is 0.0513. The average Bonchev–Trinajstić information content (AvgIpc) is 3.04. The molecule has 2 aromatic heterocycles. The highest BCUT2D eigenvalue weighted by Crippen LogP contribution is 2.29. The summed E-state index contributed by atoms with van der Waals surface area (Å²) in [7, 11) is 2.55. The molecule has 0 saturated heterocycles. The van der Waals surface area contributed by atoms with E-state index in [1.165, 1.54) is 26.2 Å². The number of hydrogen-bond acceptors (Lipinski definition) is 7. The summed E-state index contributed by atoms with van der Waals surface area (Å²) in [6.07, 6.45) is 0. The average molecular weight is 310 g/mol. The van der Waals surface area contributed by atoms with Crippen molar-refractivity contribution in [2.24, 2.45) is 0 Å². The smallest absolute Gasteiger partial charge is 0.275 e. The topological polar surface area (TPSA) is 104 Å². The molecular weight excluding hydrogens is 296 g/mol. The van der Waals surface area contributed by atoms with Gasteiger partial charge in [-0.3, -0.25) is 0 Å². The summed E-state index contributed by atoms with van der Waals surface area (Å²) in [6.45, 7) is 0. The summed E-state index contributed by atoms with van der Waals surface area (Å²) in [6, 6.07) is 4.66. The molecule has 2 aromatic rings. The number of hydrogen-bond donors (Lipinski definition) is 0. The molecule has 0 unspecified atom stereocenters. The van der Waals surface area contributed by atoms with Gasteiger partial charge in [0.15, 0.2) is 5.76 Å². The van der Waals surface area contributed by atoms with Gasteiger partial charge in [0, 0.05) is 28.2 Å². The molecule has 9 heteroatoms. The largest absolute Gasteiger partial charge is 0.438 e. The maximum atomic E-state index is 11.9. The number of anilines is 1. The Morgan fingerprint density at radius 1 is 1.19 bits per heavy atom. The van der Waals surface area contributed by atoms with Gasteiger partial charge < -0.3 is 13.7 Å². The van der Waals surface area contributed by atoms with Crippen molar-refractivity contribution >= 4 is 15.9 Å². The fraction of sp³-hybridized carbons (Fsp3) is 0.333. The fourth-order valence-electron chi connectivity index (χ4n) is 1.55. The van der Waals surface area contributed by atoms with E-state index in [0.717, 1.165) is 4.31 Å². The van der Waals surface area contributed by atoms with Gasteiger partial charge in [-0.1, -0.05) is 0 Å². The summed E-state index contributed by atoms with van der Waals surface area (Å²) in [5, 5.41) is 8.79. The molecule has 21 heavy (non-hydrogen) atoms. The van der Waals surface area contributed by atoms with Gasteiger partial charge in [0.1, 0.15) is 6.07 Å². The van der Waals surface area contributed by atoms with E-state index in [1.807, 2.05) is 6.07 Å². The predicted molar refractivity (Wildman–Crippen MR) is 74.1 cm³/mol. The van der Waals surface area contributed by atoms with E-state index in [0.29, 0.717) is 0 Å². The van der Waals surface area contributed by atoms with Crippen LogP contribution < -0.4 is 4.90 Å². The van der Waals surface area contributed by atoms with Crippen molar-refractivity contribution in [1.29, 1.82) is 5.26 Å². The van der Waals surface area contributed by atoms with Crippen LogP contribution in [0.3, 0.4) is 0 Å². The second-order valence-corrected chi connectivity index (χ2v) is 6.67. The Balaban J connectivity index is 2.46. The van der Waals surface area contributed by atoms with Crippen LogP contribution in [0, 0.1) is 11.3 Å². The van der Waals surface area contributed by atoms with E-state index >= 15 is 0 Å². The molecular formula is C12H14N4O4S. The van der Waals surface area contributed by atoms with Crippen LogP contribution in [0.15, 0.2) is 26.1 Å². The number of nitriles is 1. The van der Waals surface area contributed by atoms with Gasteiger partial charge in [-0.05, 0) is 12.1 Å². The highest BCUT2D eigenvalue weighted by atomic mass is 32.2. The van der Waals surface area contributed by atoms with Crippen molar-refractivity contribution in [3.63, 3.8) is 0 Å². The molecule has 0 radical (unpaired) electrons. The molecule has 0 aromatic carbocycles. The molecule has 0 amide bonds. The lowest BCUT2D eigenvalue weighted by Gasteiger charge is -2.07. The van der Waals surface area contributed by atoms with Crippen molar-refractivity contribution in [1.82, 2.24) is 9.29 Å². The normalized spacial score (nSPS) is 11.6. The van der Waals surface area contributed by atoms with Gasteiger partial charge in [0.25, 0.3) is 15.9 Å². The number of nitrogens with zero attached hydrogens (tertiary/aromatic N) is 4. The standard InChI is InChI=1S/C12H14N4O4S/c1-15(2)12-8(7-13)14-11(20-12)9-5-6-10(19-9)21(17,18)16(3)4/h5-6H,1-4H3. The molecule has 0 aliphatic carbocycles. The molecule has 0 aliphatic rings. The van der Waals surface area contributed by atoms with Crippen molar-refractivity contribution in [2.75, 3.05) is 33.1 Å². The molecule has 0 saturated carbocycles. The number of furan rings is 1. The highest BCUT2D eigenvalue weighted by molar-refractivity contribution is 7.88. The van der Waals surface area contributed by atoms with Crippen LogP contribution >= 0.6 is 0 Å². The molecule has 0 bridgehead atoms. The van der Waals surface area contributed by atoms with Gasteiger partial charge in [0.05, 0.1) is 0 Å². The predicted octanol–water partition coefficient (Wildman–Crippen LogP) is 1.12. The lowest BCUT2D eigenvalue weighted by molar-refractivity contribution is 0.423. The Kier molecular flexibility index (Phi) is 3.76. The number of oxazole rings is 1. The van der Waals surface area contributed by atoms with E-state index in [4.69, 9.17) is 14.1 Å². The zero-order valence-corrected chi connectivity index (χ0v) is 12.8. The van der Waals surface area contributed by atoms with Crippen LogP contribution in [0.5, 0.6) is 0 Å². The Labute approximate surface area is 122 Å². The maximum absolute atomic E-state index is 11.9. The molecule has 0 N–H and O–H groups in total. The third kappa shape index (κ3) is 2.63. The van der Waals surface area contributed by atoms with E-state index in [1.54, 1.807) is 19.0 Å². The summed E-state index contributed by atoms with van der Waals surface area (Å²) in [4.78, 5) is 5.58. The zero-order chi connectivity index (χ0) is 15.8. The minimum atomic E-state index is -3.67. The van der Waals surface area contributed by atoms with E-state index < -0.39 is 10.0 Å². The third-order valence-electron chi connectivity index (χ3n) is 2.65. The van der Waals surface area contributed by atoms with Crippen LogP contribution in [-0.2, 0) is 10.0 Å². The number of sulfonamides is 1. The van der Waals surface area contributed by atoms with E-state index in [2.05, 4.69) is 4.98 Å². The molecule has 0 spiro atoms. The first-order chi connectivity index (χ1) is 9.77. The van der Waals surface area contributed by atoms with Gasteiger partial charge in [-0.2, -0.15) is 10.2 Å². The van der Waals surface area contributed by atoms with Crippen molar-refractivity contribution in [3.8, 4) is 17.7 Å². The second kappa shape index (κ2) is 5.23. The Morgan fingerprint density at radius 3 is 2.33 bits per heavy atom. The van der Waals surface area contributed by atoms with Gasteiger partial charge >= 0.3 is 0 Å². The van der Waals surface area contributed by atoms with Gasteiger partial charge in [-0.15, -0.1) is 0 Å². The molecule has 2 rings (SSSR count). The number of aromatic nitrogens is 1. The maximum Gasteiger partial charge on any atom is 0.275 e. The lowest BCUT2D eigenvalue weighted by atomic mass is 10.4. The first-order valence-electron chi connectivity index (χ1n) is 5.88. The Hall–Kier alpha value is -2.31. The van der Waals surface area contributed by atoms with Crippen LogP contribution in [0.25, 0.3) is 11.7 Å². The quantitative estimate of drug-likeness (QED) is 0.833. The molecule has 112 valence electrons. The SMILES string of the molecule is CN(C)c1oc(-c2ccc(S(=O)(=O)N(C)C)o2)nc1C#N. The number of rotatable bonds is 4. The molecule has 0 atom stereocenters. The van der Waals surface area contributed by atoms with Crippen LogP contribution in [-0.4, -0.2) is 45.9 Å². The van der Waals surface area contributed by atoms with Gasteiger partial charge in [0.2, 0.25) is 16.7 Å². The second-order valence-electron chi connectivity index (χ2n) is 4.59. The highest BCUT2D eigenvalue weighted by Gasteiger charge is 2.24. The van der Waals surface area contributed by atoms with Crippen LogP contribution in [0.4, 0.5) is 5.88 Å². The Bertz CT molecular complexity index is 796. The minimum Gasteiger partial charge on any atom is -0.438 e. The summed E-state index contributed by atoms with van der Waals surface area (Å²) in [5.41, 5.74) is 0.100. The summed E-state index contributed by atoms with van der Waals surface area (Å²) >= 11 is 0. The van der Waals surface area contributed by atoms with E-state index in [9.17, 15) is 8.42 Å². The fourth-order valence-corrected chi connectivity index (χ4v) is 2.34. The monoisotopic (exact) mass is 310 g/mol. The van der Waals surface area contributed by atoms with E-state index in [-0.39, 0.29) is 28.3 Å². The van der Waals surface area contributed by atoms with Crippen molar-refractivity contribution < 1.29 is 17.3 Å². The van der Waals surface area contributed by atoms with Gasteiger partial charge in [-0.25, -0.2) is 12.7 Å². The summed E-state index contributed by atoms with van der Waals surface area (Å²) < 4.78 is 35.6. The Morgan fingerprint density at radius 2 is 1.86 bits per heavy atom. The lowest BCUT2D eigenvalue weighted by Crippen LogP contribution is -2.21. The molecule has 0 fully saturated rings. The molecule has 8 nitrogen and oxygen atoms in total.